The number of likely N-dealkylation sites (N-methyl/N-ethyl adjacent to an activating group) is 1. The van der Waals surface area contributed by atoms with Crippen molar-refractivity contribution in [3.8, 4) is 5.75 Å². The number of sulfonamides is 1. The molecule has 0 bridgehead atoms. The number of carbonyl (C=O) groups is 2. The fourth-order valence-corrected chi connectivity index (χ4v) is 4.32. The van der Waals surface area contributed by atoms with Gasteiger partial charge in [0.1, 0.15) is 5.75 Å². The number of hydrogen-bond acceptors (Lipinski definition) is 5. The van der Waals surface area contributed by atoms with E-state index < -0.39 is 22.0 Å². The maximum Gasteiger partial charge on any atom is 0.265 e. The number of amides is 2. The monoisotopic (exact) mass is 417 g/mol. The molecule has 1 aliphatic rings. The number of ether oxygens (including phenoxy) is 1. The molecule has 0 radical (unpaired) electrons. The van der Waals surface area contributed by atoms with E-state index in [-0.39, 0.29) is 23.1 Å². The second-order valence-corrected chi connectivity index (χ2v) is 9.00. The molecule has 1 heterocycles. The van der Waals surface area contributed by atoms with Gasteiger partial charge >= 0.3 is 0 Å². The third-order valence-corrected chi connectivity index (χ3v) is 6.63. The normalized spacial score (nSPS) is 16.0. The first-order valence-corrected chi connectivity index (χ1v) is 10.5. The Morgan fingerprint density at radius 1 is 1.21 bits per heavy atom. The van der Waals surface area contributed by atoms with Gasteiger partial charge in [0.15, 0.2) is 6.10 Å². The Hall–Kier alpha value is -2.91. The van der Waals surface area contributed by atoms with Crippen LogP contribution in [-0.4, -0.2) is 44.2 Å². The summed E-state index contributed by atoms with van der Waals surface area (Å²) in [6.07, 6.45) is -0.724. The van der Waals surface area contributed by atoms with Gasteiger partial charge in [0.2, 0.25) is 15.9 Å². The molecule has 0 saturated heterocycles. The van der Waals surface area contributed by atoms with E-state index in [1.165, 1.54) is 13.1 Å². The fourth-order valence-electron chi connectivity index (χ4n) is 2.98. The number of anilines is 2. The van der Waals surface area contributed by atoms with Crippen LogP contribution in [-0.2, 0) is 19.6 Å². The molecule has 0 aromatic heterocycles. The van der Waals surface area contributed by atoms with Crippen molar-refractivity contribution in [3.05, 3.63) is 47.5 Å². The van der Waals surface area contributed by atoms with Crippen LogP contribution < -0.4 is 15.4 Å². The largest absolute Gasteiger partial charge is 0.479 e. The average molecular weight is 417 g/mol. The number of hydrogen-bond donors (Lipinski definition) is 2. The third kappa shape index (κ3) is 4.25. The molecule has 0 unspecified atom stereocenters. The van der Waals surface area contributed by atoms with Gasteiger partial charge in [0.25, 0.3) is 5.91 Å². The van der Waals surface area contributed by atoms with Crippen LogP contribution in [0.5, 0.6) is 5.75 Å². The molecule has 0 aliphatic carbocycles. The van der Waals surface area contributed by atoms with Crippen LogP contribution in [0.25, 0.3) is 0 Å². The molecule has 3 rings (SSSR count). The summed E-state index contributed by atoms with van der Waals surface area (Å²) in [4.78, 5) is 24.1. The summed E-state index contributed by atoms with van der Waals surface area (Å²) in [6.45, 7) is 4.71. The van der Waals surface area contributed by atoms with E-state index in [9.17, 15) is 18.0 Å². The lowest BCUT2D eigenvalue weighted by molar-refractivity contribution is -0.122. The average Bonchev–Trinajstić information content (AvgIpc) is 2.64. The standard InChI is InChI=1S/C20H23N3O5S/c1-12-7-5-6-8-15(12)21-19(24)11-23(4)29(26,27)18-10-17-16(9-13(18)2)22-20(25)14(3)28-17/h5-10,14H,11H2,1-4H3,(H,21,24)(H,22,25)/t14-/m0/s1. The first kappa shape index (κ1) is 20.8. The van der Waals surface area contributed by atoms with Gasteiger partial charge in [-0.25, -0.2) is 8.42 Å². The summed E-state index contributed by atoms with van der Waals surface area (Å²) >= 11 is 0. The number of benzene rings is 2. The molecule has 0 saturated carbocycles. The molecule has 29 heavy (non-hydrogen) atoms. The quantitative estimate of drug-likeness (QED) is 0.777. The second-order valence-electron chi connectivity index (χ2n) is 6.99. The van der Waals surface area contributed by atoms with Crippen molar-refractivity contribution >= 4 is 33.2 Å². The second kappa shape index (κ2) is 7.84. The minimum atomic E-state index is -3.95. The molecule has 0 spiro atoms. The Morgan fingerprint density at radius 2 is 1.90 bits per heavy atom. The van der Waals surface area contributed by atoms with E-state index in [2.05, 4.69) is 10.6 Å². The molecule has 9 heteroatoms. The van der Waals surface area contributed by atoms with Crippen molar-refractivity contribution in [1.29, 1.82) is 0 Å². The SMILES string of the molecule is Cc1ccccc1NC(=O)CN(C)S(=O)(=O)c1cc2c(cc1C)NC(=O)[C@H](C)O2. The number of carbonyl (C=O) groups excluding carboxylic acids is 2. The molecule has 2 aromatic carbocycles. The molecule has 0 fully saturated rings. The van der Waals surface area contributed by atoms with Crippen LogP contribution in [0.4, 0.5) is 11.4 Å². The van der Waals surface area contributed by atoms with Crippen molar-refractivity contribution in [1.82, 2.24) is 4.31 Å². The number of rotatable bonds is 5. The number of nitrogens with one attached hydrogen (secondary N) is 2. The summed E-state index contributed by atoms with van der Waals surface area (Å²) in [6, 6.07) is 10.2. The lowest BCUT2D eigenvalue weighted by atomic mass is 10.1. The number of nitrogens with zero attached hydrogens (tertiary/aromatic N) is 1. The van der Waals surface area contributed by atoms with Gasteiger partial charge < -0.3 is 15.4 Å². The summed E-state index contributed by atoms with van der Waals surface area (Å²) < 4.78 is 32.6. The zero-order chi connectivity index (χ0) is 21.3. The van der Waals surface area contributed by atoms with Crippen LogP contribution in [0.15, 0.2) is 41.3 Å². The van der Waals surface area contributed by atoms with Gasteiger partial charge in [0.05, 0.1) is 17.1 Å². The lowest BCUT2D eigenvalue weighted by Gasteiger charge is -2.25. The Morgan fingerprint density at radius 3 is 2.59 bits per heavy atom. The predicted molar refractivity (Wildman–Crippen MR) is 110 cm³/mol. The minimum Gasteiger partial charge on any atom is -0.479 e. The summed E-state index contributed by atoms with van der Waals surface area (Å²) in [5, 5.41) is 5.41. The van der Waals surface area contributed by atoms with E-state index in [0.717, 1.165) is 9.87 Å². The highest BCUT2D eigenvalue weighted by Gasteiger charge is 2.30. The molecule has 2 N–H and O–H groups in total. The van der Waals surface area contributed by atoms with E-state index in [1.54, 1.807) is 32.0 Å². The molecular weight excluding hydrogens is 394 g/mol. The Kier molecular flexibility index (Phi) is 5.63. The van der Waals surface area contributed by atoms with Gasteiger partial charge in [-0.2, -0.15) is 4.31 Å². The number of para-hydroxylation sites is 1. The molecular formula is C20H23N3O5S. The Bertz CT molecular complexity index is 1080. The lowest BCUT2D eigenvalue weighted by Crippen LogP contribution is -2.36. The molecule has 2 amide bonds. The summed E-state index contributed by atoms with van der Waals surface area (Å²) in [5.41, 5.74) is 2.37. The summed E-state index contributed by atoms with van der Waals surface area (Å²) in [5.74, 6) is -0.463. The van der Waals surface area contributed by atoms with Gasteiger partial charge in [-0.05, 0) is 44.0 Å². The first-order chi connectivity index (χ1) is 13.6. The smallest absolute Gasteiger partial charge is 0.265 e. The van der Waals surface area contributed by atoms with Crippen LogP contribution >= 0.6 is 0 Å². The number of fused-ring (bicyclic) bond motifs is 1. The zero-order valence-electron chi connectivity index (χ0n) is 16.6. The zero-order valence-corrected chi connectivity index (χ0v) is 17.5. The van der Waals surface area contributed by atoms with Gasteiger partial charge in [0, 0.05) is 18.8 Å². The highest BCUT2D eigenvalue weighted by atomic mass is 32.2. The van der Waals surface area contributed by atoms with Gasteiger partial charge in [-0.3, -0.25) is 9.59 Å². The molecule has 1 aliphatic heterocycles. The number of aryl methyl sites for hydroxylation is 2. The highest BCUT2D eigenvalue weighted by molar-refractivity contribution is 7.89. The minimum absolute atomic E-state index is 0.0193. The molecule has 8 nitrogen and oxygen atoms in total. The maximum absolute atomic E-state index is 13.0. The Balaban J connectivity index is 1.81. The summed E-state index contributed by atoms with van der Waals surface area (Å²) in [7, 11) is -2.61. The van der Waals surface area contributed by atoms with Crippen LogP contribution in [0.2, 0.25) is 0 Å². The van der Waals surface area contributed by atoms with Crippen molar-refractivity contribution in [3.63, 3.8) is 0 Å². The fraction of sp³-hybridized carbons (Fsp3) is 0.300. The molecule has 2 aromatic rings. The Labute approximate surface area is 169 Å². The van der Waals surface area contributed by atoms with Crippen LogP contribution in [0.1, 0.15) is 18.1 Å². The van der Waals surface area contributed by atoms with Gasteiger partial charge in [-0.15, -0.1) is 0 Å². The maximum atomic E-state index is 13.0. The van der Waals surface area contributed by atoms with Crippen LogP contribution in [0.3, 0.4) is 0 Å². The van der Waals surface area contributed by atoms with E-state index in [4.69, 9.17) is 4.74 Å². The van der Waals surface area contributed by atoms with Crippen LogP contribution in [0, 0.1) is 13.8 Å². The first-order valence-electron chi connectivity index (χ1n) is 9.03. The van der Waals surface area contributed by atoms with Crippen molar-refractivity contribution in [2.75, 3.05) is 24.2 Å². The molecule has 1 atom stereocenters. The van der Waals surface area contributed by atoms with E-state index in [1.807, 2.05) is 19.1 Å². The van der Waals surface area contributed by atoms with E-state index >= 15 is 0 Å². The van der Waals surface area contributed by atoms with E-state index in [0.29, 0.717) is 16.9 Å². The third-order valence-electron chi connectivity index (χ3n) is 4.68. The molecule has 154 valence electrons. The predicted octanol–water partition coefficient (Wildman–Crippen LogP) is 2.28. The van der Waals surface area contributed by atoms with Crippen molar-refractivity contribution in [2.45, 2.75) is 31.8 Å². The van der Waals surface area contributed by atoms with Crippen molar-refractivity contribution < 1.29 is 22.7 Å². The van der Waals surface area contributed by atoms with Crippen molar-refractivity contribution in [2.24, 2.45) is 0 Å². The highest BCUT2D eigenvalue weighted by Crippen LogP contribution is 2.35. The van der Waals surface area contributed by atoms with Gasteiger partial charge in [-0.1, -0.05) is 18.2 Å². The topological polar surface area (TPSA) is 105 Å².